The molecule has 1 saturated heterocycles. The molecule has 1 aliphatic rings. The van der Waals surface area contributed by atoms with Crippen molar-refractivity contribution in [1.29, 1.82) is 0 Å². The van der Waals surface area contributed by atoms with E-state index in [1.54, 1.807) is 7.11 Å². The minimum Gasteiger partial charge on any atom is -0.493 e. The lowest BCUT2D eigenvalue weighted by atomic mass is 9.85. The molecule has 0 radical (unpaired) electrons. The second kappa shape index (κ2) is 6.02. The smallest absolute Gasteiger partial charge is 0.164 e. The third-order valence-electron chi connectivity index (χ3n) is 3.95. The van der Waals surface area contributed by atoms with Crippen LogP contribution in [0.4, 0.5) is 0 Å². The van der Waals surface area contributed by atoms with Gasteiger partial charge in [0.15, 0.2) is 11.5 Å². The van der Waals surface area contributed by atoms with Crippen molar-refractivity contribution in [3.05, 3.63) is 23.8 Å². The van der Waals surface area contributed by atoms with Crippen molar-refractivity contribution >= 4 is 0 Å². The fourth-order valence-electron chi connectivity index (χ4n) is 2.61. The molecule has 0 bridgehead atoms. The third-order valence-corrected chi connectivity index (χ3v) is 3.95. The topological polar surface area (TPSA) is 41.9 Å². The zero-order chi connectivity index (χ0) is 14.8. The lowest BCUT2D eigenvalue weighted by molar-refractivity contribution is 0.193. The van der Waals surface area contributed by atoms with Gasteiger partial charge in [-0.2, -0.15) is 0 Å². The molecule has 4 heteroatoms. The van der Waals surface area contributed by atoms with Gasteiger partial charge in [0, 0.05) is 24.1 Å². The Bertz CT molecular complexity index is 459. The van der Waals surface area contributed by atoms with Crippen LogP contribution in [-0.4, -0.2) is 50.0 Å². The second-order valence-corrected chi connectivity index (χ2v) is 6.17. The number of likely N-dealkylation sites (N-methyl/N-ethyl adjacent to an activating group) is 1. The fraction of sp³-hybridized carbons (Fsp3) is 0.625. The van der Waals surface area contributed by atoms with Crippen LogP contribution in [-0.2, 0) is 5.41 Å². The van der Waals surface area contributed by atoms with Crippen molar-refractivity contribution in [2.75, 3.05) is 33.9 Å². The van der Waals surface area contributed by atoms with E-state index < -0.39 is 0 Å². The highest BCUT2D eigenvalue weighted by atomic mass is 16.5. The molecule has 20 heavy (non-hydrogen) atoms. The minimum atomic E-state index is -0.350. The largest absolute Gasteiger partial charge is 0.493 e. The molecule has 0 saturated carbocycles. The van der Waals surface area contributed by atoms with Crippen LogP contribution in [0.15, 0.2) is 18.2 Å². The maximum absolute atomic E-state index is 9.57. The molecule has 1 aliphatic heterocycles. The summed E-state index contributed by atoms with van der Waals surface area (Å²) in [5.41, 5.74) is 0.628. The number of nitrogens with zero attached hydrogens (tertiary/aromatic N) is 1. The van der Waals surface area contributed by atoms with Crippen molar-refractivity contribution in [1.82, 2.24) is 4.90 Å². The third kappa shape index (κ3) is 3.07. The Morgan fingerprint density at radius 3 is 2.70 bits per heavy atom. The summed E-state index contributed by atoms with van der Waals surface area (Å²) in [5, 5.41) is 9.57. The van der Waals surface area contributed by atoms with Crippen LogP contribution in [0.5, 0.6) is 11.5 Å². The summed E-state index contributed by atoms with van der Waals surface area (Å²) in [5.74, 6) is 1.51. The van der Waals surface area contributed by atoms with Gasteiger partial charge in [-0.25, -0.2) is 0 Å². The van der Waals surface area contributed by atoms with Gasteiger partial charge in [-0.3, -0.25) is 0 Å². The molecule has 4 nitrogen and oxygen atoms in total. The maximum Gasteiger partial charge on any atom is 0.164 e. The highest BCUT2D eigenvalue weighted by Crippen LogP contribution is 2.39. The molecule has 1 fully saturated rings. The number of methoxy groups -OCH3 is 1. The maximum atomic E-state index is 9.57. The van der Waals surface area contributed by atoms with E-state index in [1.807, 2.05) is 32.0 Å². The van der Waals surface area contributed by atoms with Crippen molar-refractivity contribution in [3.63, 3.8) is 0 Å². The fourth-order valence-corrected chi connectivity index (χ4v) is 2.61. The molecular formula is C16H25NO3. The second-order valence-electron chi connectivity index (χ2n) is 6.17. The summed E-state index contributed by atoms with van der Waals surface area (Å²) in [4.78, 5) is 2.26. The van der Waals surface area contributed by atoms with E-state index in [1.165, 1.54) is 0 Å². The van der Waals surface area contributed by atoms with E-state index in [-0.39, 0.29) is 18.1 Å². The van der Waals surface area contributed by atoms with Crippen LogP contribution in [0.3, 0.4) is 0 Å². The Kier molecular flexibility index (Phi) is 4.55. The molecule has 1 N–H and O–H groups in total. The number of aliphatic hydroxyl groups is 1. The molecule has 1 heterocycles. The molecule has 0 spiro atoms. The first-order valence-corrected chi connectivity index (χ1v) is 7.11. The number of hydrogen-bond acceptors (Lipinski definition) is 4. The monoisotopic (exact) mass is 279 g/mol. The Morgan fingerprint density at radius 1 is 1.40 bits per heavy atom. The predicted molar refractivity (Wildman–Crippen MR) is 79.6 cm³/mol. The molecular weight excluding hydrogens is 254 g/mol. The SMILES string of the molecule is COc1c(OC2CCN(C)C2)cccc1C(C)(C)CO. The molecule has 1 aromatic carbocycles. The zero-order valence-electron chi connectivity index (χ0n) is 12.8. The molecule has 2 rings (SSSR count). The van der Waals surface area contributed by atoms with Gasteiger partial charge in [0.05, 0.1) is 13.7 Å². The van der Waals surface area contributed by atoms with Crippen LogP contribution >= 0.6 is 0 Å². The lowest BCUT2D eigenvalue weighted by Gasteiger charge is -2.26. The Balaban J connectivity index is 2.27. The standard InChI is InChI=1S/C16H25NO3/c1-16(2,11-18)13-6-5-7-14(15(13)19-4)20-12-8-9-17(3)10-12/h5-7,12,18H,8-11H2,1-4H3. The van der Waals surface area contributed by atoms with Gasteiger partial charge in [0.2, 0.25) is 0 Å². The van der Waals surface area contributed by atoms with Gasteiger partial charge in [-0.15, -0.1) is 0 Å². The van der Waals surface area contributed by atoms with Crippen LogP contribution in [0.25, 0.3) is 0 Å². The van der Waals surface area contributed by atoms with Crippen molar-refractivity contribution in [2.45, 2.75) is 31.8 Å². The average molecular weight is 279 g/mol. The summed E-state index contributed by atoms with van der Waals surface area (Å²) in [6.45, 7) is 6.07. The quantitative estimate of drug-likeness (QED) is 0.895. The number of likely N-dealkylation sites (tertiary alicyclic amines) is 1. The van der Waals surface area contributed by atoms with E-state index in [2.05, 4.69) is 11.9 Å². The van der Waals surface area contributed by atoms with Gasteiger partial charge < -0.3 is 19.5 Å². The zero-order valence-corrected chi connectivity index (χ0v) is 12.8. The first-order valence-electron chi connectivity index (χ1n) is 7.11. The number of rotatable bonds is 5. The number of hydrogen-bond donors (Lipinski definition) is 1. The van der Waals surface area contributed by atoms with E-state index in [0.29, 0.717) is 0 Å². The number of aliphatic hydroxyl groups excluding tert-OH is 1. The van der Waals surface area contributed by atoms with E-state index in [4.69, 9.17) is 9.47 Å². The molecule has 0 amide bonds. The average Bonchev–Trinajstić information content (AvgIpc) is 2.84. The minimum absolute atomic E-state index is 0.0684. The molecule has 0 aliphatic carbocycles. The van der Waals surface area contributed by atoms with Gasteiger partial charge in [0.1, 0.15) is 6.10 Å². The Labute approximate surface area is 121 Å². The number of benzene rings is 1. The summed E-state index contributed by atoms with van der Waals surface area (Å²) in [6, 6.07) is 5.89. The first kappa shape index (κ1) is 15.1. The first-order chi connectivity index (χ1) is 9.47. The van der Waals surface area contributed by atoms with E-state index in [9.17, 15) is 5.11 Å². The summed E-state index contributed by atoms with van der Waals surface area (Å²) >= 11 is 0. The molecule has 1 aromatic rings. The molecule has 1 atom stereocenters. The lowest BCUT2D eigenvalue weighted by Crippen LogP contribution is -2.24. The summed E-state index contributed by atoms with van der Waals surface area (Å²) < 4.78 is 11.7. The van der Waals surface area contributed by atoms with E-state index in [0.717, 1.165) is 36.6 Å². The van der Waals surface area contributed by atoms with Crippen molar-refractivity contribution in [2.24, 2.45) is 0 Å². The number of ether oxygens (including phenoxy) is 2. The normalized spacial score (nSPS) is 20.1. The highest BCUT2D eigenvalue weighted by molar-refractivity contribution is 5.50. The van der Waals surface area contributed by atoms with Gasteiger partial charge >= 0.3 is 0 Å². The Morgan fingerprint density at radius 2 is 2.15 bits per heavy atom. The Hall–Kier alpha value is -1.26. The van der Waals surface area contributed by atoms with E-state index >= 15 is 0 Å². The predicted octanol–water partition coefficient (Wildman–Crippen LogP) is 2.05. The van der Waals surface area contributed by atoms with Gasteiger partial charge in [0.25, 0.3) is 0 Å². The number of para-hydroxylation sites is 1. The van der Waals surface area contributed by atoms with Crippen LogP contribution in [0.2, 0.25) is 0 Å². The summed E-state index contributed by atoms with van der Waals surface area (Å²) in [7, 11) is 3.76. The van der Waals surface area contributed by atoms with Gasteiger partial charge in [-0.1, -0.05) is 26.0 Å². The summed E-state index contributed by atoms with van der Waals surface area (Å²) in [6.07, 6.45) is 1.24. The van der Waals surface area contributed by atoms with Crippen LogP contribution < -0.4 is 9.47 Å². The molecule has 0 aromatic heterocycles. The molecule has 1 unspecified atom stereocenters. The van der Waals surface area contributed by atoms with Gasteiger partial charge in [-0.05, 0) is 19.5 Å². The van der Waals surface area contributed by atoms with Crippen molar-refractivity contribution < 1.29 is 14.6 Å². The van der Waals surface area contributed by atoms with Crippen LogP contribution in [0.1, 0.15) is 25.8 Å². The molecule has 112 valence electrons. The van der Waals surface area contributed by atoms with Crippen molar-refractivity contribution in [3.8, 4) is 11.5 Å². The highest BCUT2D eigenvalue weighted by Gasteiger charge is 2.27. The van der Waals surface area contributed by atoms with Crippen LogP contribution in [0, 0.1) is 0 Å².